The molecule has 6 heteroatoms. The number of carbonyl (C=O) groups excluding carboxylic acids is 1. The van der Waals surface area contributed by atoms with E-state index in [4.69, 9.17) is 5.11 Å². The molecule has 1 aliphatic rings. The van der Waals surface area contributed by atoms with Crippen LogP contribution in [0.25, 0.3) is 0 Å². The summed E-state index contributed by atoms with van der Waals surface area (Å²) in [5.74, 6) is -0.827. The molecule has 0 saturated carbocycles. The Labute approximate surface area is 108 Å². The lowest BCUT2D eigenvalue weighted by Crippen LogP contribution is -2.52. The van der Waals surface area contributed by atoms with Gasteiger partial charge in [-0.1, -0.05) is 0 Å². The normalized spacial score (nSPS) is 20.7. The monoisotopic (exact) mass is 258 g/mol. The number of hydrogen-bond donors (Lipinski definition) is 2. The highest BCUT2D eigenvalue weighted by Gasteiger charge is 2.38. The second kappa shape index (κ2) is 4.76. The molecule has 18 heavy (non-hydrogen) atoms. The Bertz CT molecular complexity index is 347. The van der Waals surface area contributed by atoms with E-state index in [1.54, 1.807) is 4.90 Å². The Kier molecular flexibility index (Phi) is 3.90. The maximum atomic E-state index is 11.8. The molecule has 104 valence electrons. The van der Waals surface area contributed by atoms with Crippen molar-refractivity contribution >= 4 is 12.0 Å². The SMILES string of the molecule is CC1(C)CN(CC(CC(=O)O)[N+](C)(C)C)C(=O)N1. The highest BCUT2D eigenvalue weighted by Crippen LogP contribution is 2.18. The molecule has 2 amide bonds. The average molecular weight is 258 g/mol. The zero-order valence-corrected chi connectivity index (χ0v) is 11.9. The van der Waals surface area contributed by atoms with E-state index in [1.807, 2.05) is 35.0 Å². The lowest BCUT2D eigenvalue weighted by molar-refractivity contribution is -0.894. The van der Waals surface area contributed by atoms with Crippen molar-refractivity contribution in [1.29, 1.82) is 0 Å². The van der Waals surface area contributed by atoms with Crippen molar-refractivity contribution in [2.75, 3.05) is 34.2 Å². The van der Waals surface area contributed by atoms with Crippen LogP contribution in [0.15, 0.2) is 0 Å². The Morgan fingerprint density at radius 3 is 2.39 bits per heavy atom. The molecule has 1 aliphatic heterocycles. The topological polar surface area (TPSA) is 69.6 Å². The third kappa shape index (κ3) is 3.87. The minimum Gasteiger partial charge on any atom is -0.481 e. The van der Waals surface area contributed by atoms with Gasteiger partial charge in [-0.05, 0) is 13.8 Å². The van der Waals surface area contributed by atoms with Gasteiger partial charge in [0, 0.05) is 6.54 Å². The number of hydrogen-bond acceptors (Lipinski definition) is 2. The van der Waals surface area contributed by atoms with Gasteiger partial charge >= 0.3 is 12.0 Å². The first-order valence-corrected chi connectivity index (χ1v) is 6.11. The number of carboxylic acids is 1. The third-order valence-electron chi connectivity index (χ3n) is 3.26. The number of quaternary nitrogens is 1. The first kappa shape index (κ1) is 14.8. The number of aliphatic carboxylic acids is 1. The highest BCUT2D eigenvalue weighted by atomic mass is 16.4. The van der Waals surface area contributed by atoms with Gasteiger partial charge in [0.15, 0.2) is 0 Å². The zero-order valence-electron chi connectivity index (χ0n) is 11.9. The molecule has 1 fully saturated rings. The van der Waals surface area contributed by atoms with E-state index in [0.717, 1.165) is 0 Å². The van der Waals surface area contributed by atoms with Crippen molar-refractivity contribution in [2.45, 2.75) is 31.8 Å². The quantitative estimate of drug-likeness (QED) is 0.699. The molecule has 0 aliphatic carbocycles. The van der Waals surface area contributed by atoms with Gasteiger partial charge in [0.05, 0.1) is 39.6 Å². The van der Waals surface area contributed by atoms with Gasteiger partial charge in [0.2, 0.25) is 0 Å². The fraction of sp³-hybridized carbons (Fsp3) is 0.833. The molecule has 0 aromatic carbocycles. The first-order chi connectivity index (χ1) is 8.01. The van der Waals surface area contributed by atoms with E-state index in [2.05, 4.69) is 5.32 Å². The van der Waals surface area contributed by atoms with Gasteiger partial charge in [-0.3, -0.25) is 4.79 Å². The molecule has 0 aromatic rings. The Morgan fingerprint density at radius 2 is 2.06 bits per heavy atom. The number of nitrogens with one attached hydrogen (secondary N) is 1. The molecular weight excluding hydrogens is 234 g/mol. The molecule has 0 aromatic heterocycles. The van der Waals surface area contributed by atoms with E-state index in [9.17, 15) is 9.59 Å². The van der Waals surface area contributed by atoms with Crippen LogP contribution in [0.5, 0.6) is 0 Å². The molecule has 0 bridgehead atoms. The standard InChI is InChI=1S/C12H23N3O3/c1-12(2)8-14(11(18)13-12)7-9(6-10(16)17)15(3,4)5/h9H,6-8H2,1-5H3,(H-,13,16,17,18)/p+1. The van der Waals surface area contributed by atoms with Gasteiger partial charge in [0.1, 0.15) is 6.04 Å². The summed E-state index contributed by atoms with van der Waals surface area (Å²) >= 11 is 0. The fourth-order valence-electron chi connectivity index (χ4n) is 2.14. The van der Waals surface area contributed by atoms with Crippen LogP contribution < -0.4 is 5.32 Å². The minimum atomic E-state index is -0.827. The molecule has 6 nitrogen and oxygen atoms in total. The van der Waals surface area contributed by atoms with Crippen molar-refractivity contribution in [3.63, 3.8) is 0 Å². The zero-order chi connectivity index (χ0) is 14.1. The van der Waals surface area contributed by atoms with Crippen LogP contribution in [0.2, 0.25) is 0 Å². The maximum Gasteiger partial charge on any atom is 0.318 e. The summed E-state index contributed by atoms with van der Waals surface area (Å²) in [5.41, 5.74) is -0.240. The molecular formula is C12H24N3O3+. The molecule has 0 radical (unpaired) electrons. The Hall–Kier alpha value is -1.30. The van der Waals surface area contributed by atoms with Crippen molar-refractivity contribution in [1.82, 2.24) is 10.2 Å². The number of rotatable bonds is 5. The summed E-state index contributed by atoms with van der Waals surface area (Å²) in [6, 6.07) is -0.217. The number of likely N-dealkylation sites (N-methyl/N-ethyl adjacent to an activating group) is 1. The predicted octanol–water partition coefficient (Wildman–Crippen LogP) is 0.340. The van der Waals surface area contributed by atoms with Gasteiger partial charge in [-0.2, -0.15) is 0 Å². The number of carbonyl (C=O) groups is 2. The Morgan fingerprint density at radius 1 is 1.50 bits per heavy atom. The number of amides is 2. The molecule has 1 heterocycles. The summed E-state index contributed by atoms with van der Waals surface area (Å²) < 4.78 is 0.524. The second-order valence-electron chi connectivity index (χ2n) is 6.56. The van der Waals surface area contributed by atoms with Crippen LogP contribution in [-0.2, 0) is 4.79 Å². The predicted molar refractivity (Wildman–Crippen MR) is 68.3 cm³/mol. The van der Waals surface area contributed by atoms with Gasteiger partial charge in [-0.25, -0.2) is 4.79 Å². The van der Waals surface area contributed by atoms with Crippen molar-refractivity contribution < 1.29 is 19.2 Å². The average Bonchev–Trinajstić information content (AvgIpc) is 2.36. The van der Waals surface area contributed by atoms with Crippen LogP contribution in [0, 0.1) is 0 Å². The number of urea groups is 1. The molecule has 1 saturated heterocycles. The summed E-state index contributed by atoms with van der Waals surface area (Å²) in [5, 5.41) is 11.8. The van der Waals surface area contributed by atoms with Gasteiger partial charge in [-0.15, -0.1) is 0 Å². The fourth-order valence-corrected chi connectivity index (χ4v) is 2.14. The summed E-state index contributed by atoms with van der Waals surface area (Å²) in [7, 11) is 5.85. The molecule has 1 rings (SSSR count). The molecule has 0 spiro atoms. The van der Waals surface area contributed by atoms with E-state index >= 15 is 0 Å². The maximum absolute atomic E-state index is 11.8. The molecule has 1 atom stereocenters. The van der Waals surface area contributed by atoms with E-state index in [-0.39, 0.29) is 24.0 Å². The van der Waals surface area contributed by atoms with Crippen molar-refractivity contribution in [3.8, 4) is 0 Å². The lowest BCUT2D eigenvalue weighted by Gasteiger charge is -2.35. The van der Waals surface area contributed by atoms with Crippen molar-refractivity contribution in [3.05, 3.63) is 0 Å². The van der Waals surface area contributed by atoms with E-state index in [1.165, 1.54) is 0 Å². The van der Waals surface area contributed by atoms with Crippen LogP contribution in [0.3, 0.4) is 0 Å². The number of nitrogens with zero attached hydrogens (tertiary/aromatic N) is 2. The van der Waals surface area contributed by atoms with Crippen LogP contribution in [0.4, 0.5) is 4.79 Å². The van der Waals surface area contributed by atoms with E-state index in [0.29, 0.717) is 17.6 Å². The number of carboxylic acid groups (broad SMARTS) is 1. The van der Waals surface area contributed by atoms with Crippen molar-refractivity contribution in [2.24, 2.45) is 0 Å². The van der Waals surface area contributed by atoms with Gasteiger partial charge < -0.3 is 19.8 Å². The van der Waals surface area contributed by atoms with Crippen LogP contribution in [0.1, 0.15) is 20.3 Å². The third-order valence-corrected chi connectivity index (χ3v) is 3.26. The lowest BCUT2D eigenvalue weighted by atomic mass is 10.1. The minimum absolute atomic E-state index is 0.0632. The first-order valence-electron chi connectivity index (χ1n) is 6.11. The molecule has 1 unspecified atom stereocenters. The summed E-state index contributed by atoms with van der Waals surface area (Å²) in [6.07, 6.45) is 0.0632. The van der Waals surface area contributed by atoms with Gasteiger partial charge in [0.25, 0.3) is 0 Å². The van der Waals surface area contributed by atoms with E-state index < -0.39 is 5.97 Å². The summed E-state index contributed by atoms with van der Waals surface area (Å²) in [6.45, 7) is 5.00. The van der Waals surface area contributed by atoms with Crippen LogP contribution >= 0.6 is 0 Å². The summed E-state index contributed by atoms with van der Waals surface area (Å²) in [4.78, 5) is 24.4. The smallest absolute Gasteiger partial charge is 0.318 e. The largest absolute Gasteiger partial charge is 0.481 e. The molecule has 2 N–H and O–H groups in total. The second-order valence-corrected chi connectivity index (χ2v) is 6.56. The Balaban J connectivity index is 2.73. The highest BCUT2D eigenvalue weighted by molar-refractivity contribution is 5.77. The van der Waals surface area contributed by atoms with Crippen LogP contribution in [-0.4, -0.2) is 72.3 Å².